The highest BCUT2D eigenvalue weighted by atomic mass is 79.9. The van der Waals surface area contributed by atoms with Crippen LogP contribution in [0.2, 0.25) is 5.02 Å². The van der Waals surface area contributed by atoms with Gasteiger partial charge in [-0.2, -0.15) is 0 Å². The van der Waals surface area contributed by atoms with Gasteiger partial charge in [0, 0.05) is 15.5 Å². The van der Waals surface area contributed by atoms with Crippen LogP contribution in [-0.4, -0.2) is 0 Å². The molecule has 0 radical (unpaired) electrons. The first-order valence-corrected chi connectivity index (χ1v) is 5.69. The first-order valence-electron chi connectivity index (χ1n) is 4.52. The van der Waals surface area contributed by atoms with E-state index in [1.54, 1.807) is 0 Å². The smallest absolute Gasteiger partial charge is 0.0420 e. The lowest BCUT2D eigenvalue weighted by molar-refractivity contribution is 0.327. The zero-order valence-electron chi connectivity index (χ0n) is 8.64. The van der Waals surface area contributed by atoms with Gasteiger partial charge in [-0.05, 0) is 29.2 Å². The summed E-state index contributed by atoms with van der Waals surface area (Å²) in [5.74, 6) is 0. The molecule has 1 aromatic rings. The number of nitrogens with two attached hydrogens (primary N) is 1. The Labute approximate surface area is 98.8 Å². The molecule has 2 N–H and O–H groups in total. The zero-order chi connectivity index (χ0) is 10.9. The second kappa shape index (κ2) is 4.21. The second-order valence-corrected chi connectivity index (χ2v) is 5.90. The van der Waals surface area contributed by atoms with Crippen LogP contribution in [0.1, 0.15) is 32.4 Å². The van der Waals surface area contributed by atoms with Gasteiger partial charge in [0.15, 0.2) is 0 Å². The van der Waals surface area contributed by atoms with E-state index in [9.17, 15) is 0 Å². The van der Waals surface area contributed by atoms with Crippen LogP contribution in [0.25, 0.3) is 0 Å². The van der Waals surface area contributed by atoms with Crippen molar-refractivity contribution >= 4 is 27.5 Å². The molecule has 0 saturated heterocycles. The summed E-state index contributed by atoms with van der Waals surface area (Å²) in [5.41, 5.74) is 7.24. The summed E-state index contributed by atoms with van der Waals surface area (Å²) < 4.78 is 0.972. The van der Waals surface area contributed by atoms with Gasteiger partial charge in [-0.25, -0.2) is 0 Å². The Balaban J connectivity index is 3.07. The third kappa shape index (κ3) is 2.97. The Bertz CT molecular complexity index is 310. The predicted octanol–water partition coefficient (Wildman–Crippen LogP) is 4.15. The maximum atomic E-state index is 6.13. The Morgan fingerprint density at radius 1 is 1.29 bits per heavy atom. The van der Waals surface area contributed by atoms with E-state index in [1.807, 2.05) is 18.2 Å². The highest BCUT2D eigenvalue weighted by molar-refractivity contribution is 9.10. The van der Waals surface area contributed by atoms with E-state index in [2.05, 4.69) is 36.7 Å². The van der Waals surface area contributed by atoms with Gasteiger partial charge in [0.25, 0.3) is 0 Å². The zero-order valence-corrected chi connectivity index (χ0v) is 11.0. The number of hydrogen-bond acceptors (Lipinski definition) is 1. The molecule has 0 aliphatic carbocycles. The fourth-order valence-corrected chi connectivity index (χ4v) is 2.14. The topological polar surface area (TPSA) is 26.0 Å². The average molecular weight is 277 g/mol. The summed E-state index contributed by atoms with van der Waals surface area (Å²) in [5, 5.41) is 0.717. The fraction of sp³-hybridized carbons (Fsp3) is 0.455. The van der Waals surface area contributed by atoms with Crippen LogP contribution in [0.5, 0.6) is 0 Å². The lowest BCUT2D eigenvalue weighted by Gasteiger charge is -2.27. The first kappa shape index (κ1) is 12.0. The third-order valence-electron chi connectivity index (χ3n) is 2.18. The Morgan fingerprint density at radius 2 is 1.86 bits per heavy atom. The first-order chi connectivity index (χ1) is 6.30. The van der Waals surface area contributed by atoms with E-state index in [4.69, 9.17) is 17.3 Å². The van der Waals surface area contributed by atoms with E-state index in [1.165, 1.54) is 0 Å². The van der Waals surface area contributed by atoms with Crippen LogP contribution in [0.4, 0.5) is 0 Å². The second-order valence-electron chi connectivity index (χ2n) is 4.55. The predicted molar refractivity (Wildman–Crippen MR) is 65.5 cm³/mol. The third-order valence-corrected chi connectivity index (χ3v) is 2.85. The van der Waals surface area contributed by atoms with E-state index in [0.29, 0.717) is 5.02 Å². The van der Waals surface area contributed by atoms with Gasteiger partial charge >= 0.3 is 0 Å². The maximum absolute atomic E-state index is 6.13. The standard InChI is InChI=1S/C11H15BrClN/c1-11(2,3)10(14)7-4-8(12)6-9(13)5-7/h4-6,10H,14H2,1-3H3. The SMILES string of the molecule is CC(C)(C)C(N)c1cc(Cl)cc(Br)c1. The minimum absolute atomic E-state index is 0.00231. The highest BCUT2D eigenvalue weighted by Gasteiger charge is 2.22. The quantitative estimate of drug-likeness (QED) is 0.819. The molecule has 78 valence electrons. The molecule has 1 unspecified atom stereocenters. The summed E-state index contributed by atoms with van der Waals surface area (Å²) in [6.07, 6.45) is 0. The molecule has 0 heterocycles. The van der Waals surface area contributed by atoms with Gasteiger partial charge in [0.1, 0.15) is 0 Å². The Morgan fingerprint density at radius 3 is 2.29 bits per heavy atom. The molecule has 1 nitrogen and oxygen atoms in total. The minimum Gasteiger partial charge on any atom is -0.324 e. The van der Waals surface area contributed by atoms with E-state index < -0.39 is 0 Å². The molecule has 14 heavy (non-hydrogen) atoms. The maximum Gasteiger partial charge on any atom is 0.0420 e. The molecule has 0 amide bonds. The molecular weight excluding hydrogens is 261 g/mol. The average Bonchev–Trinajstić information content (AvgIpc) is 1.99. The van der Waals surface area contributed by atoms with Crippen LogP contribution in [-0.2, 0) is 0 Å². The van der Waals surface area contributed by atoms with Crippen LogP contribution in [0.15, 0.2) is 22.7 Å². The van der Waals surface area contributed by atoms with Crippen molar-refractivity contribution in [3.05, 3.63) is 33.3 Å². The van der Waals surface area contributed by atoms with Crippen molar-refractivity contribution in [2.75, 3.05) is 0 Å². The summed E-state index contributed by atoms with van der Waals surface area (Å²) >= 11 is 9.37. The molecule has 0 aromatic heterocycles. The van der Waals surface area contributed by atoms with Crippen molar-refractivity contribution in [2.24, 2.45) is 11.1 Å². The van der Waals surface area contributed by atoms with Crippen molar-refractivity contribution < 1.29 is 0 Å². The van der Waals surface area contributed by atoms with Gasteiger partial charge in [-0.3, -0.25) is 0 Å². The van der Waals surface area contributed by atoms with Crippen LogP contribution in [0, 0.1) is 5.41 Å². The summed E-state index contributed by atoms with van der Waals surface area (Å²) in [6, 6.07) is 5.79. The van der Waals surface area contributed by atoms with Crippen LogP contribution in [0.3, 0.4) is 0 Å². The molecule has 1 rings (SSSR count). The fourth-order valence-electron chi connectivity index (χ4n) is 1.25. The van der Waals surface area contributed by atoms with Gasteiger partial charge in [-0.15, -0.1) is 0 Å². The van der Waals surface area contributed by atoms with E-state index in [0.717, 1.165) is 10.0 Å². The van der Waals surface area contributed by atoms with Crippen molar-refractivity contribution in [1.29, 1.82) is 0 Å². The Hall–Kier alpha value is -0.0500. The lowest BCUT2D eigenvalue weighted by atomic mass is 9.83. The van der Waals surface area contributed by atoms with Crippen molar-refractivity contribution in [1.82, 2.24) is 0 Å². The molecule has 3 heteroatoms. The largest absolute Gasteiger partial charge is 0.324 e. The molecule has 1 aromatic carbocycles. The summed E-state index contributed by atoms with van der Waals surface area (Å²) in [4.78, 5) is 0. The number of halogens is 2. The van der Waals surface area contributed by atoms with Crippen LogP contribution < -0.4 is 5.73 Å². The number of benzene rings is 1. The Kier molecular flexibility index (Phi) is 3.62. The highest BCUT2D eigenvalue weighted by Crippen LogP contribution is 2.33. The van der Waals surface area contributed by atoms with Gasteiger partial charge in [0.05, 0.1) is 0 Å². The van der Waals surface area contributed by atoms with E-state index >= 15 is 0 Å². The molecule has 0 fully saturated rings. The molecule has 0 spiro atoms. The van der Waals surface area contributed by atoms with Gasteiger partial charge < -0.3 is 5.73 Å². The monoisotopic (exact) mass is 275 g/mol. The normalized spacial score (nSPS) is 14.1. The molecule has 0 bridgehead atoms. The number of rotatable bonds is 1. The summed E-state index contributed by atoms with van der Waals surface area (Å²) in [7, 11) is 0. The molecule has 0 aliphatic heterocycles. The van der Waals surface area contributed by atoms with Crippen molar-refractivity contribution in [2.45, 2.75) is 26.8 Å². The van der Waals surface area contributed by atoms with Crippen LogP contribution >= 0.6 is 27.5 Å². The van der Waals surface area contributed by atoms with E-state index in [-0.39, 0.29) is 11.5 Å². The molecule has 0 saturated carbocycles. The minimum atomic E-state index is -0.00231. The van der Waals surface area contributed by atoms with Crippen molar-refractivity contribution in [3.8, 4) is 0 Å². The molecule has 0 aliphatic rings. The van der Waals surface area contributed by atoms with Gasteiger partial charge in [-0.1, -0.05) is 48.3 Å². The lowest BCUT2D eigenvalue weighted by Crippen LogP contribution is -2.26. The molecule has 1 atom stereocenters. The number of hydrogen-bond donors (Lipinski definition) is 1. The summed E-state index contributed by atoms with van der Waals surface area (Å²) in [6.45, 7) is 6.35. The van der Waals surface area contributed by atoms with Gasteiger partial charge in [0.2, 0.25) is 0 Å². The van der Waals surface area contributed by atoms with Crippen molar-refractivity contribution in [3.63, 3.8) is 0 Å². The molecular formula is C11H15BrClN.